The van der Waals surface area contributed by atoms with Crippen LogP contribution < -0.4 is 4.90 Å². The molecular formula is C23H30N4O4S. The van der Waals surface area contributed by atoms with Gasteiger partial charge >= 0.3 is 0 Å². The lowest BCUT2D eigenvalue weighted by Crippen LogP contribution is -2.47. The number of hydrogen-bond donors (Lipinski definition) is 0. The summed E-state index contributed by atoms with van der Waals surface area (Å²) in [5, 5.41) is 0.800. The average molecular weight is 459 g/mol. The number of amides is 1. The summed E-state index contributed by atoms with van der Waals surface area (Å²) >= 11 is 1.47. The van der Waals surface area contributed by atoms with Gasteiger partial charge in [0.1, 0.15) is 5.03 Å². The smallest absolute Gasteiger partial charge is 0.232 e. The molecule has 1 spiro atoms. The first-order valence-corrected chi connectivity index (χ1v) is 12.4. The zero-order chi connectivity index (χ0) is 22.1. The maximum atomic E-state index is 13.0. The Bertz CT molecular complexity index is 964. The number of rotatable bonds is 4. The second-order valence-corrected chi connectivity index (χ2v) is 9.74. The summed E-state index contributed by atoms with van der Waals surface area (Å²) in [5.41, 5.74) is 1.71. The van der Waals surface area contributed by atoms with E-state index in [0.717, 1.165) is 47.8 Å². The number of para-hydroxylation sites is 2. The minimum Gasteiger partial charge on any atom is -0.372 e. The van der Waals surface area contributed by atoms with Crippen LogP contribution in [0.1, 0.15) is 26.7 Å². The first kappa shape index (κ1) is 21.9. The molecule has 2 atom stereocenters. The number of nitrogens with zero attached hydrogens (tertiary/aromatic N) is 4. The SMILES string of the molecule is C[C@@H]1CN(c2nc3ccccc3nc2SCC(=O)N2CCC3(CC2)OCCO3)C[C@H](C)O1. The summed E-state index contributed by atoms with van der Waals surface area (Å²) in [6.45, 7) is 8.28. The molecule has 3 saturated heterocycles. The molecular weight excluding hydrogens is 428 g/mol. The van der Waals surface area contributed by atoms with E-state index in [2.05, 4.69) is 18.7 Å². The van der Waals surface area contributed by atoms with Crippen LogP contribution in [0.25, 0.3) is 11.0 Å². The van der Waals surface area contributed by atoms with Gasteiger partial charge in [-0.05, 0) is 26.0 Å². The van der Waals surface area contributed by atoms with Crippen molar-refractivity contribution < 1.29 is 19.0 Å². The van der Waals surface area contributed by atoms with Gasteiger partial charge in [-0.2, -0.15) is 0 Å². The van der Waals surface area contributed by atoms with Gasteiger partial charge in [0.25, 0.3) is 0 Å². The molecule has 3 aliphatic rings. The van der Waals surface area contributed by atoms with Crippen LogP contribution in [0.3, 0.4) is 0 Å². The van der Waals surface area contributed by atoms with Crippen molar-refractivity contribution in [2.75, 3.05) is 50.0 Å². The minimum atomic E-state index is -0.468. The Balaban J connectivity index is 1.31. The topological polar surface area (TPSA) is 77.0 Å². The van der Waals surface area contributed by atoms with Crippen LogP contribution in [0.5, 0.6) is 0 Å². The minimum absolute atomic E-state index is 0.118. The fraction of sp³-hybridized carbons (Fsp3) is 0.609. The fourth-order valence-electron chi connectivity index (χ4n) is 4.73. The number of carbonyl (C=O) groups excluding carboxylic acids is 1. The van der Waals surface area contributed by atoms with E-state index in [1.54, 1.807) is 0 Å². The molecule has 1 aromatic carbocycles. The summed E-state index contributed by atoms with van der Waals surface area (Å²) < 4.78 is 17.5. The molecule has 1 amide bonds. The van der Waals surface area contributed by atoms with E-state index in [1.807, 2.05) is 29.2 Å². The van der Waals surface area contributed by atoms with E-state index in [4.69, 9.17) is 24.2 Å². The first-order chi connectivity index (χ1) is 15.5. The molecule has 0 radical (unpaired) electrons. The molecule has 8 nitrogen and oxygen atoms in total. The molecule has 5 rings (SSSR count). The first-order valence-electron chi connectivity index (χ1n) is 11.4. The highest BCUT2D eigenvalue weighted by atomic mass is 32.2. The van der Waals surface area contributed by atoms with Crippen LogP contribution in [0.15, 0.2) is 29.3 Å². The molecule has 0 bridgehead atoms. The predicted octanol–water partition coefficient (Wildman–Crippen LogP) is 2.70. The van der Waals surface area contributed by atoms with Crippen molar-refractivity contribution in [2.45, 2.75) is 49.7 Å². The van der Waals surface area contributed by atoms with E-state index in [-0.39, 0.29) is 18.1 Å². The third kappa shape index (κ3) is 4.57. The molecule has 0 unspecified atom stereocenters. The number of morpholine rings is 1. The zero-order valence-electron chi connectivity index (χ0n) is 18.7. The second-order valence-electron chi connectivity index (χ2n) is 8.78. The number of thioether (sulfide) groups is 1. The average Bonchev–Trinajstić information content (AvgIpc) is 3.24. The number of benzene rings is 1. The van der Waals surface area contributed by atoms with Gasteiger partial charge < -0.3 is 24.0 Å². The van der Waals surface area contributed by atoms with Crippen LogP contribution in [0, 0.1) is 0 Å². The Morgan fingerprint density at radius 3 is 2.34 bits per heavy atom. The number of hydrogen-bond acceptors (Lipinski definition) is 8. The summed E-state index contributed by atoms with van der Waals surface area (Å²) in [7, 11) is 0. The lowest BCUT2D eigenvalue weighted by atomic mass is 10.0. The van der Waals surface area contributed by atoms with Crippen molar-refractivity contribution in [3.05, 3.63) is 24.3 Å². The van der Waals surface area contributed by atoms with Crippen LogP contribution in [-0.2, 0) is 19.0 Å². The Labute approximate surface area is 192 Å². The monoisotopic (exact) mass is 458 g/mol. The number of fused-ring (bicyclic) bond motifs is 1. The van der Waals surface area contributed by atoms with Crippen LogP contribution in [-0.4, -0.2) is 83.9 Å². The van der Waals surface area contributed by atoms with Crippen molar-refractivity contribution in [3.8, 4) is 0 Å². The van der Waals surface area contributed by atoms with Gasteiger partial charge in [0.2, 0.25) is 5.91 Å². The summed E-state index contributed by atoms with van der Waals surface area (Å²) in [5.74, 6) is 0.829. The van der Waals surface area contributed by atoms with Crippen LogP contribution in [0.2, 0.25) is 0 Å². The largest absolute Gasteiger partial charge is 0.372 e. The maximum absolute atomic E-state index is 13.0. The molecule has 172 valence electrons. The van der Waals surface area contributed by atoms with E-state index in [9.17, 15) is 4.79 Å². The van der Waals surface area contributed by atoms with Gasteiger partial charge in [-0.25, -0.2) is 9.97 Å². The van der Waals surface area contributed by atoms with Crippen molar-refractivity contribution in [2.24, 2.45) is 0 Å². The molecule has 9 heteroatoms. The molecule has 4 heterocycles. The van der Waals surface area contributed by atoms with Gasteiger partial charge in [0, 0.05) is 39.0 Å². The molecule has 1 aromatic heterocycles. The molecule has 2 aromatic rings. The second kappa shape index (κ2) is 9.13. The van der Waals surface area contributed by atoms with E-state index < -0.39 is 5.79 Å². The standard InChI is InChI=1S/C23H30N4O4S/c1-16-13-27(14-17(2)31-16)21-22(25-19-6-4-3-5-18(19)24-21)32-15-20(28)26-9-7-23(8-10-26)29-11-12-30-23/h3-6,16-17H,7-15H2,1-2H3/t16-,17+. The Kier molecular flexibility index (Phi) is 6.24. The molecule has 0 N–H and O–H groups in total. The number of aromatic nitrogens is 2. The van der Waals surface area contributed by atoms with Crippen LogP contribution >= 0.6 is 11.8 Å². The molecule has 0 aliphatic carbocycles. The molecule has 0 saturated carbocycles. The quantitative estimate of drug-likeness (QED) is 0.648. The molecule has 3 aliphatic heterocycles. The van der Waals surface area contributed by atoms with Crippen LogP contribution in [0.4, 0.5) is 5.82 Å². The predicted molar refractivity (Wildman–Crippen MR) is 123 cm³/mol. The summed E-state index contributed by atoms with van der Waals surface area (Å²) in [6.07, 6.45) is 1.70. The number of likely N-dealkylation sites (tertiary alicyclic amines) is 1. The Morgan fingerprint density at radius 2 is 1.69 bits per heavy atom. The van der Waals surface area contributed by atoms with Crippen molar-refractivity contribution in [1.29, 1.82) is 0 Å². The number of ether oxygens (including phenoxy) is 3. The number of piperidine rings is 1. The molecule has 32 heavy (non-hydrogen) atoms. The van der Waals surface area contributed by atoms with Crippen molar-refractivity contribution in [1.82, 2.24) is 14.9 Å². The lowest BCUT2D eigenvalue weighted by molar-refractivity contribution is -0.186. The Hall–Kier alpha value is -1.94. The van der Waals surface area contributed by atoms with E-state index >= 15 is 0 Å². The maximum Gasteiger partial charge on any atom is 0.232 e. The Morgan fingerprint density at radius 1 is 1.06 bits per heavy atom. The summed E-state index contributed by atoms with van der Waals surface area (Å²) in [4.78, 5) is 26.9. The van der Waals surface area contributed by atoms with E-state index in [1.165, 1.54) is 11.8 Å². The normalized spacial score (nSPS) is 25.6. The van der Waals surface area contributed by atoms with Crippen molar-refractivity contribution >= 4 is 34.5 Å². The molecule has 3 fully saturated rings. The fourth-order valence-corrected chi connectivity index (χ4v) is 5.64. The highest BCUT2D eigenvalue weighted by Gasteiger charge is 2.40. The highest BCUT2D eigenvalue weighted by Crippen LogP contribution is 2.33. The van der Waals surface area contributed by atoms with Crippen molar-refractivity contribution in [3.63, 3.8) is 0 Å². The van der Waals surface area contributed by atoms with Gasteiger partial charge in [-0.15, -0.1) is 0 Å². The van der Waals surface area contributed by atoms with Gasteiger partial charge in [-0.1, -0.05) is 23.9 Å². The third-order valence-electron chi connectivity index (χ3n) is 6.26. The zero-order valence-corrected chi connectivity index (χ0v) is 19.5. The van der Waals surface area contributed by atoms with Gasteiger partial charge in [-0.3, -0.25) is 4.79 Å². The summed E-state index contributed by atoms with van der Waals surface area (Å²) in [6, 6.07) is 7.89. The van der Waals surface area contributed by atoms with Gasteiger partial charge in [0.15, 0.2) is 11.6 Å². The number of anilines is 1. The van der Waals surface area contributed by atoms with Gasteiger partial charge in [0.05, 0.1) is 42.2 Å². The highest BCUT2D eigenvalue weighted by molar-refractivity contribution is 8.00. The lowest BCUT2D eigenvalue weighted by Gasteiger charge is -2.37. The third-order valence-corrected chi connectivity index (χ3v) is 7.20. The number of carbonyl (C=O) groups is 1. The van der Waals surface area contributed by atoms with E-state index in [0.29, 0.717) is 32.1 Å².